The lowest BCUT2D eigenvalue weighted by molar-refractivity contribution is -0.384. The molecule has 1 heterocycles. The summed E-state index contributed by atoms with van der Waals surface area (Å²) in [4.78, 5) is 24.2. The van der Waals surface area contributed by atoms with Crippen molar-refractivity contribution in [1.82, 2.24) is 4.90 Å². The Bertz CT molecular complexity index is 544. The van der Waals surface area contributed by atoms with E-state index in [0.29, 0.717) is 18.4 Å². The third-order valence-corrected chi connectivity index (χ3v) is 3.93. The fraction of sp³-hybridized carbons (Fsp3) is 0.533. The van der Waals surface area contributed by atoms with Gasteiger partial charge in [-0.05, 0) is 45.8 Å². The minimum absolute atomic E-state index is 0.0944. The molecule has 1 unspecified atom stereocenters. The first-order chi connectivity index (χ1) is 9.99. The number of ether oxygens (including phenoxy) is 1. The molecule has 21 heavy (non-hydrogen) atoms. The number of carbonyl (C=O) groups excluding carboxylic acids is 1. The molecule has 1 fully saturated rings. The van der Waals surface area contributed by atoms with E-state index in [1.54, 1.807) is 0 Å². The molecule has 1 aliphatic rings. The van der Waals surface area contributed by atoms with E-state index >= 15 is 0 Å². The van der Waals surface area contributed by atoms with Crippen molar-refractivity contribution in [3.05, 3.63) is 33.9 Å². The topological polar surface area (TPSA) is 72.7 Å². The van der Waals surface area contributed by atoms with Gasteiger partial charge in [0, 0.05) is 18.2 Å². The second-order valence-corrected chi connectivity index (χ2v) is 5.41. The molecule has 0 amide bonds. The number of carbonyl (C=O) groups is 1. The van der Waals surface area contributed by atoms with Gasteiger partial charge in [-0.1, -0.05) is 0 Å². The Balaban J connectivity index is 2.02. The number of nitro groups is 1. The lowest BCUT2D eigenvalue weighted by atomic mass is 10.1. The van der Waals surface area contributed by atoms with Crippen LogP contribution in [0, 0.1) is 10.1 Å². The van der Waals surface area contributed by atoms with Gasteiger partial charge in [-0.15, -0.1) is 0 Å². The molecule has 0 N–H and O–H groups in total. The summed E-state index contributed by atoms with van der Waals surface area (Å²) in [5, 5.41) is 10.8. The number of nitro benzene ring substituents is 1. The minimum atomic E-state index is -0.510. The molecule has 114 valence electrons. The second-order valence-electron chi connectivity index (χ2n) is 5.41. The Morgan fingerprint density at radius 1 is 1.52 bits per heavy atom. The zero-order chi connectivity index (χ0) is 15.4. The number of likely N-dealkylation sites (tertiary alicyclic amines) is 1. The van der Waals surface area contributed by atoms with E-state index in [4.69, 9.17) is 4.74 Å². The third kappa shape index (κ3) is 3.78. The molecule has 1 aliphatic heterocycles. The summed E-state index contributed by atoms with van der Waals surface area (Å²) in [5.41, 5.74) is 0.173. The van der Waals surface area contributed by atoms with Gasteiger partial charge in [0.05, 0.1) is 17.1 Å². The maximum Gasteiger partial charge on any atom is 0.270 e. The molecule has 6 heteroatoms. The van der Waals surface area contributed by atoms with Gasteiger partial charge in [0.15, 0.2) is 5.78 Å². The zero-order valence-electron chi connectivity index (χ0n) is 12.4. The van der Waals surface area contributed by atoms with Crippen molar-refractivity contribution in [2.24, 2.45) is 0 Å². The van der Waals surface area contributed by atoms with Crippen LogP contribution in [0.4, 0.5) is 5.69 Å². The van der Waals surface area contributed by atoms with Crippen molar-refractivity contribution in [3.63, 3.8) is 0 Å². The van der Waals surface area contributed by atoms with Crippen LogP contribution in [-0.4, -0.2) is 41.8 Å². The summed E-state index contributed by atoms with van der Waals surface area (Å²) in [7, 11) is 2.10. The van der Waals surface area contributed by atoms with Crippen LogP contribution in [0.15, 0.2) is 18.2 Å². The first-order valence-electron chi connectivity index (χ1n) is 7.11. The molecule has 1 atom stereocenters. The molecular formula is C15H20N2O4. The Morgan fingerprint density at radius 2 is 2.29 bits per heavy atom. The van der Waals surface area contributed by atoms with E-state index in [-0.39, 0.29) is 17.0 Å². The van der Waals surface area contributed by atoms with Gasteiger partial charge in [0.2, 0.25) is 0 Å². The number of rotatable bonds is 6. The van der Waals surface area contributed by atoms with Crippen LogP contribution in [0.25, 0.3) is 0 Å². The molecule has 0 aliphatic carbocycles. The number of ketones is 1. The van der Waals surface area contributed by atoms with Gasteiger partial charge in [-0.3, -0.25) is 14.9 Å². The highest BCUT2D eigenvalue weighted by molar-refractivity contribution is 5.97. The average Bonchev–Trinajstić information content (AvgIpc) is 2.84. The number of hydrogen-bond donors (Lipinski definition) is 0. The average molecular weight is 292 g/mol. The van der Waals surface area contributed by atoms with Crippen LogP contribution in [0.3, 0.4) is 0 Å². The predicted octanol–water partition coefficient (Wildman–Crippen LogP) is 2.66. The highest BCUT2D eigenvalue weighted by Gasteiger charge is 2.21. The van der Waals surface area contributed by atoms with Crippen molar-refractivity contribution in [2.75, 3.05) is 20.2 Å². The third-order valence-electron chi connectivity index (χ3n) is 3.93. The summed E-state index contributed by atoms with van der Waals surface area (Å²) in [6.45, 7) is 3.00. The summed E-state index contributed by atoms with van der Waals surface area (Å²) >= 11 is 0. The van der Waals surface area contributed by atoms with Gasteiger partial charge < -0.3 is 9.64 Å². The van der Waals surface area contributed by atoms with E-state index in [9.17, 15) is 14.9 Å². The fourth-order valence-electron chi connectivity index (χ4n) is 2.68. The largest absolute Gasteiger partial charge is 0.493 e. The standard InChI is InChI=1S/C15H20N2O4/c1-11(18)14-10-13(17(19)20)5-6-15(14)21-9-7-12-4-3-8-16(12)2/h5-6,10,12H,3-4,7-9H2,1-2H3. The lowest BCUT2D eigenvalue weighted by Crippen LogP contribution is -2.26. The molecule has 0 saturated carbocycles. The highest BCUT2D eigenvalue weighted by atomic mass is 16.6. The van der Waals surface area contributed by atoms with Gasteiger partial charge in [-0.25, -0.2) is 0 Å². The molecular weight excluding hydrogens is 272 g/mol. The normalized spacial score (nSPS) is 18.7. The Hall–Kier alpha value is -1.95. The zero-order valence-corrected chi connectivity index (χ0v) is 12.4. The first-order valence-corrected chi connectivity index (χ1v) is 7.11. The number of hydrogen-bond acceptors (Lipinski definition) is 5. The van der Waals surface area contributed by atoms with Crippen LogP contribution in [0.1, 0.15) is 36.5 Å². The summed E-state index contributed by atoms with van der Waals surface area (Å²) < 4.78 is 5.67. The van der Waals surface area contributed by atoms with Crippen LogP contribution < -0.4 is 4.74 Å². The lowest BCUT2D eigenvalue weighted by Gasteiger charge is -2.19. The van der Waals surface area contributed by atoms with Crippen LogP contribution in [0.2, 0.25) is 0 Å². The van der Waals surface area contributed by atoms with E-state index in [2.05, 4.69) is 11.9 Å². The molecule has 1 aromatic carbocycles. The van der Waals surface area contributed by atoms with E-state index in [1.165, 1.54) is 38.0 Å². The maximum atomic E-state index is 11.6. The fourth-order valence-corrected chi connectivity index (χ4v) is 2.68. The number of benzene rings is 1. The molecule has 1 aromatic rings. The van der Waals surface area contributed by atoms with Crippen molar-refractivity contribution < 1.29 is 14.5 Å². The summed E-state index contributed by atoms with van der Waals surface area (Å²) in [5.74, 6) is 0.195. The smallest absolute Gasteiger partial charge is 0.270 e. The molecule has 0 aromatic heterocycles. The molecule has 0 radical (unpaired) electrons. The van der Waals surface area contributed by atoms with E-state index < -0.39 is 4.92 Å². The second kappa shape index (κ2) is 6.67. The van der Waals surface area contributed by atoms with Crippen LogP contribution in [-0.2, 0) is 0 Å². The Kier molecular flexibility index (Phi) is 4.90. The van der Waals surface area contributed by atoms with Crippen LogP contribution >= 0.6 is 0 Å². The van der Waals surface area contributed by atoms with Gasteiger partial charge in [0.25, 0.3) is 5.69 Å². The number of non-ortho nitro benzene ring substituents is 1. The van der Waals surface area contributed by atoms with Crippen molar-refractivity contribution in [2.45, 2.75) is 32.2 Å². The predicted molar refractivity (Wildman–Crippen MR) is 78.9 cm³/mol. The van der Waals surface area contributed by atoms with Crippen LogP contribution in [0.5, 0.6) is 5.75 Å². The van der Waals surface area contributed by atoms with Crippen molar-refractivity contribution in [1.29, 1.82) is 0 Å². The monoisotopic (exact) mass is 292 g/mol. The molecule has 6 nitrogen and oxygen atoms in total. The molecule has 2 rings (SSSR count). The molecule has 0 bridgehead atoms. The Morgan fingerprint density at radius 3 is 2.86 bits per heavy atom. The quantitative estimate of drug-likeness (QED) is 0.458. The SMILES string of the molecule is CC(=O)c1cc([N+](=O)[O-])ccc1OCCC1CCCN1C. The van der Waals surface area contributed by atoms with E-state index in [0.717, 1.165) is 13.0 Å². The van der Waals surface area contributed by atoms with Gasteiger partial charge in [-0.2, -0.15) is 0 Å². The van der Waals surface area contributed by atoms with Crippen molar-refractivity contribution >= 4 is 11.5 Å². The van der Waals surface area contributed by atoms with Gasteiger partial charge in [0.1, 0.15) is 5.75 Å². The Labute approximate surface area is 123 Å². The molecule has 0 spiro atoms. The van der Waals surface area contributed by atoms with E-state index in [1.807, 2.05) is 0 Å². The molecule has 1 saturated heterocycles. The maximum absolute atomic E-state index is 11.6. The number of Topliss-reactive ketones (excluding diaryl/α,β-unsaturated/α-hetero) is 1. The van der Waals surface area contributed by atoms with Gasteiger partial charge >= 0.3 is 0 Å². The minimum Gasteiger partial charge on any atom is -0.493 e. The first kappa shape index (κ1) is 15.4. The van der Waals surface area contributed by atoms with Crippen molar-refractivity contribution in [3.8, 4) is 5.75 Å². The number of nitrogens with zero attached hydrogens (tertiary/aromatic N) is 2. The highest BCUT2D eigenvalue weighted by Crippen LogP contribution is 2.25. The summed E-state index contributed by atoms with van der Waals surface area (Å²) in [6.07, 6.45) is 3.27. The summed E-state index contributed by atoms with van der Waals surface area (Å²) in [6, 6.07) is 4.67.